The quantitative estimate of drug-likeness (QED) is 0.210. The lowest BCUT2D eigenvalue weighted by atomic mass is 10.3. The summed E-state index contributed by atoms with van der Waals surface area (Å²) in [5.74, 6) is 2.59. The largest absolute Gasteiger partial charge is 0.497 e. The number of hydrogen-bond acceptors (Lipinski definition) is 4. The fraction of sp³-hybridized carbons (Fsp3) is 0.600. The van der Waals surface area contributed by atoms with E-state index in [1.54, 1.807) is 7.11 Å². The third kappa shape index (κ3) is 9.48. The monoisotopic (exact) mass is 504 g/mol. The van der Waals surface area contributed by atoms with Gasteiger partial charge >= 0.3 is 0 Å². The number of nitrogens with zero attached hydrogens (tertiary/aromatic N) is 2. The molecule has 0 aromatic heterocycles. The fourth-order valence-electron chi connectivity index (χ4n) is 2.50. The highest BCUT2D eigenvalue weighted by atomic mass is 127. The van der Waals surface area contributed by atoms with E-state index in [4.69, 9.17) is 9.47 Å². The maximum absolute atomic E-state index is 11.7. The number of rotatable bonds is 11. The van der Waals surface area contributed by atoms with Gasteiger partial charge in [-0.15, -0.1) is 24.0 Å². The van der Waals surface area contributed by atoms with Gasteiger partial charge in [-0.05, 0) is 50.5 Å². The highest BCUT2D eigenvalue weighted by Gasteiger charge is 2.22. The molecule has 2 rings (SSSR count). The van der Waals surface area contributed by atoms with Crippen LogP contribution in [0.15, 0.2) is 29.3 Å². The van der Waals surface area contributed by atoms with Gasteiger partial charge in [0.25, 0.3) is 0 Å². The summed E-state index contributed by atoms with van der Waals surface area (Å²) >= 11 is 0. The highest BCUT2D eigenvalue weighted by molar-refractivity contribution is 14.0. The number of carbonyl (C=O) groups is 1. The van der Waals surface area contributed by atoms with Gasteiger partial charge in [0.1, 0.15) is 18.1 Å². The summed E-state index contributed by atoms with van der Waals surface area (Å²) in [6.07, 6.45) is 3.53. The molecule has 0 bridgehead atoms. The minimum Gasteiger partial charge on any atom is -0.497 e. The molecule has 0 unspecified atom stereocenters. The number of benzene rings is 1. The summed E-state index contributed by atoms with van der Waals surface area (Å²) in [6, 6.07) is 7.97. The van der Waals surface area contributed by atoms with Crippen molar-refractivity contribution in [3.05, 3.63) is 24.3 Å². The van der Waals surface area contributed by atoms with E-state index >= 15 is 0 Å². The predicted molar refractivity (Wildman–Crippen MR) is 123 cm³/mol. The highest BCUT2D eigenvalue weighted by Crippen LogP contribution is 2.18. The number of guanidine groups is 1. The molecule has 1 aromatic carbocycles. The van der Waals surface area contributed by atoms with Gasteiger partial charge in [-0.2, -0.15) is 0 Å². The molecule has 1 aliphatic rings. The first-order valence-corrected chi connectivity index (χ1v) is 9.68. The molecule has 2 N–H and O–H groups in total. The minimum atomic E-state index is 0. The lowest BCUT2D eigenvalue weighted by Gasteiger charge is -2.22. The summed E-state index contributed by atoms with van der Waals surface area (Å²) in [5, 5.41) is 6.28. The van der Waals surface area contributed by atoms with E-state index in [1.807, 2.05) is 43.1 Å². The number of ether oxygens (including phenoxy) is 2. The van der Waals surface area contributed by atoms with Crippen molar-refractivity contribution in [3.63, 3.8) is 0 Å². The molecule has 158 valence electrons. The van der Waals surface area contributed by atoms with Crippen LogP contribution in [0.5, 0.6) is 11.5 Å². The summed E-state index contributed by atoms with van der Waals surface area (Å²) in [6.45, 7) is 4.73. The van der Waals surface area contributed by atoms with Crippen LogP contribution in [0.1, 0.15) is 32.6 Å². The smallest absolute Gasteiger partial charge is 0.220 e. The van der Waals surface area contributed by atoms with E-state index in [2.05, 4.69) is 15.6 Å². The van der Waals surface area contributed by atoms with Gasteiger partial charge in [0.05, 0.1) is 13.7 Å². The number of aliphatic imine (C=N–C) groups is 1. The van der Waals surface area contributed by atoms with Gasteiger partial charge < -0.3 is 25.0 Å². The Morgan fingerprint density at radius 1 is 1.25 bits per heavy atom. The van der Waals surface area contributed by atoms with Crippen molar-refractivity contribution >= 4 is 35.8 Å². The van der Waals surface area contributed by atoms with Crippen molar-refractivity contribution in [1.29, 1.82) is 0 Å². The van der Waals surface area contributed by atoms with Gasteiger partial charge in [-0.1, -0.05) is 0 Å². The first kappa shape index (κ1) is 24.3. The van der Waals surface area contributed by atoms with E-state index in [1.165, 1.54) is 0 Å². The van der Waals surface area contributed by atoms with Gasteiger partial charge in [0.15, 0.2) is 5.96 Å². The topological polar surface area (TPSA) is 75.2 Å². The second-order valence-corrected chi connectivity index (χ2v) is 6.63. The van der Waals surface area contributed by atoms with Crippen molar-refractivity contribution in [2.45, 2.75) is 38.6 Å². The van der Waals surface area contributed by atoms with E-state index < -0.39 is 0 Å². The molecule has 0 spiro atoms. The first-order chi connectivity index (χ1) is 13.1. The zero-order chi connectivity index (χ0) is 19.5. The molecular formula is C20H33IN4O3. The summed E-state index contributed by atoms with van der Waals surface area (Å²) < 4.78 is 10.9. The van der Waals surface area contributed by atoms with E-state index in [-0.39, 0.29) is 29.9 Å². The molecule has 28 heavy (non-hydrogen) atoms. The van der Waals surface area contributed by atoms with Gasteiger partial charge in [-0.25, -0.2) is 0 Å². The standard InChI is InChI=1S/C20H32N4O3.HI/c1-4-21-20(22-13-5-6-19(25)23-16-7-8-16)24(2)14-15-27-18-11-9-17(26-3)10-12-18;/h9-12,16H,4-8,13-15H2,1-3H3,(H,21,22)(H,23,25);1H. The molecule has 0 radical (unpaired) electrons. The number of hydrogen-bond donors (Lipinski definition) is 2. The zero-order valence-electron chi connectivity index (χ0n) is 17.1. The maximum Gasteiger partial charge on any atom is 0.220 e. The van der Waals surface area contributed by atoms with E-state index in [0.29, 0.717) is 32.2 Å². The van der Waals surface area contributed by atoms with E-state index in [9.17, 15) is 4.79 Å². The fourth-order valence-corrected chi connectivity index (χ4v) is 2.50. The molecule has 1 fully saturated rings. The second-order valence-electron chi connectivity index (χ2n) is 6.63. The maximum atomic E-state index is 11.7. The van der Waals surface area contributed by atoms with Crippen molar-refractivity contribution < 1.29 is 14.3 Å². The summed E-state index contributed by atoms with van der Waals surface area (Å²) in [5.41, 5.74) is 0. The van der Waals surface area contributed by atoms with Gasteiger partial charge in [0, 0.05) is 32.6 Å². The van der Waals surface area contributed by atoms with Crippen LogP contribution in [0, 0.1) is 0 Å². The Bertz CT molecular complexity index is 606. The third-order valence-electron chi connectivity index (χ3n) is 4.22. The predicted octanol–water partition coefficient (Wildman–Crippen LogP) is 2.65. The molecular weight excluding hydrogens is 471 g/mol. The lowest BCUT2D eigenvalue weighted by molar-refractivity contribution is -0.121. The average Bonchev–Trinajstić information content (AvgIpc) is 3.48. The van der Waals surface area contributed by atoms with Crippen LogP contribution in [0.4, 0.5) is 0 Å². The molecule has 8 heteroatoms. The molecule has 0 saturated heterocycles. The molecule has 0 heterocycles. The number of likely N-dealkylation sites (N-methyl/N-ethyl adjacent to an activating group) is 1. The van der Waals surface area contributed by atoms with Crippen molar-refractivity contribution in [2.24, 2.45) is 4.99 Å². The number of halogens is 1. The Morgan fingerprint density at radius 3 is 2.54 bits per heavy atom. The van der Waals surface area contributed by atoms with Crippen LogP contribution in [-0.2, 0) is 4.79 Å². The lowest BCUT2D eigenvalue weighted by Crippen LogP contribution is -2.41. The Morgan fingerprint density at radius 2 is 1.93 bits per heavy atom. The van der Waals surface area contributed by atoms with Crippen LogP contribution in [0.3, 0.4) is 0 Å². The Balaban J connectivity index is 0.00000392. The van der Waals surface area contributed by atoms with Crippen LogP contribution in [-0.4, -0.2) is 63.2 Å². The molecule has 1 aromatic rings. The molecule has 1 aliphatic carbocycles. The van der Waals surface area contributed by atoms with Gasteiger partial charge in [0.2, 0.25) is 5.91 Å². The SMILES string of the molecule is CCNC(=NCCCC(=O)NC1CC1)N(C)CCOc1ccc(OC)cc1.I. The van der Waals surface area contributed by atoms with E-state index in [0.717, 1.165) is 43.3 Å². The molecule has 7 nitrogen and oxygen atoms in total. The Hall–Kier alpha value is -1.71. The second kappa shape index (κ2) is 13.5. The molecule has 1 amide bonds. The normalized spacial score (nSPS) is 13.3. The number of methoxy groups -OCH3 is 1. The van der Waals surface area contributed by atoms with Crippen molar-refractivity contribution in [1.82, 2.24) is 15.5 Å². The first-order valence-electron chi connectivity index (χ1n) is 9.68. The van der Waals surface area contributed by atoms with Crippen molar-refractivity contribution in [3.8, 4) is 11.5 Å². The molecule has 1 saturated carbocycles. The van der Waals surface area contributed by atoms with Crippen LogP contribution in [0.2, 0.25) is 0 Å². The molecule has 0 aliphatic heterocycles. The molecule has 0 atom stereocenters. The number of nitrogens with one attached hydrogen (secondary N) is 2. The summed E-state index contributed by atoms with van der Waals surface area (Å²) in [4.78, 5) is 18.4. The minimum absolute atomic E-state index is 0. The van der Waals surface area contributed by atoms with Crippen LogP contribution < -0.4 is 20.1 Å². The Labute approximate surface area is 185 Å². The summed E-state index contributed by atoms with van der Waals surface area (Å²) in [7, 11) is 3.63. The van der Waals surface area contributed by atoms with Crippen LogP contribution in [0.25, 0.3) is 0 Å². The number of carbonyl (C=O) groups excluding carboxylic acids is 1. The zero-order valence-corrected chi connectivity index (χ0v) is 19.4. The van der Waals surface area contributed by atoms with Gasteiger partial charge in [-0.3, -0.25) is 9.79 Å². The Kier molecular flexibility index (Phi) is 11.7. The van der Waals surface area contributed by atoms with Crippen LogP contribution >= 0.6 is 24.0 Å². The average molecular weight is 504 g/mol. The third-order valence-corrected chi connectivity index (χ3v) is 4.22. The van der Waals surface area contributed by atoms with Crippen molar-refractivity contribution in [2.75, 3.05) is 40.4 Å². The number of amides is 1.